The average Bonchev–Trinajstić information content (AvgIpc) is 3.15. The summed E-state index contributed by atoms with van der Waals surface area (Å²) in [5, 5.41) is 9.28. The fourth-order valence-electron chi connectivity index (χ4n) is 2.13. The zero-order valence-electron chi connectivity index (χ0n) is 14.3. The summed E-state index contributed by atoms with van der Waals surface area (Å²) < 4.78 is 21.8. The van der Waals surface area contributed by atoms with Crippen LogP contribution in [0.1, 0.15) is 0 Å². The largest absolute Gasteiger partial charge is 0.497 e. The molecule has 1 heterocycles. The third kappa shape index (κ3) is 4.83. The van der Waals surface area contributed by atoms with Gasteiger partial charge in [-0.2, -0.15) is 0 Å². The van der Waals surface area contributed by atoms with Gasteiger partial charge >= 0.3 is 0 Å². The van der Waals surface area contributed by atoms with Crippen LogP contribution in [-0.2, 0) is 0 Å². The highest BCUT2D eigenvalue weighted by atomic mass is 35.5. The van der Waals surface area contributed by atoms with E-state index in [0.29, 0.717) is 40.0 Å². The normalized spacial score (nSPS) is 10.6. The monoisotopic (exact) mass is 392 g/mol. The van der Waals surface area contributed by atoms with Crippen LogP contribution in [0.25, 0.3) is 11.5 Å². The first-order valence-electron chi connectivity index (χ1n) is 7.76. The Morgan fingerprint density at radius 3 is 2.31 bits per heavy atom. The van der Waals surface area contributed by atoms with Crippen LogP contribution in [0.15, 0.2) is 52.1 Å². The predicted octanol–water partition coefficient (Wildman–Crippen LogP) is 4.58. The number of methoxy groups -OCH3 is 2. The van der Waals surface area contributed by atoms with Crippen LogP contribution in [0.5, 0.6) is 17.2 Å². The lowest BCUT2D eigenvalue weighted by Crippen LogP contribution is -1.99. The van der Waals surface area contributed by atoms with Crippen LogP contribution in [0.4, 0.5) is 0 Å². The van der Waals surface area contributed by atoms with Gasteiger partial charge in [-0.05, 0) is 36.4 Å². The molecule has 136 valence electrons. The predicted molar refractivity (Wildman–Crippen MR) is 101 cm³/mol. The summed E-state index contributed by atoms with van der Waals surface area (Å²) in [7, 11) is 3.18. The van der Waals surface area contributed by atoms with Gasteiger partial charge in [0.1, 0.15) is 17.2 Å². The van der Waals surface area contributed by atoms with Gasteiger partial charge in [-0.3, -0.25) is 0 Å². The Balaban J connectivity index is 1.57. The molecule has 0 unspecified atom stereocenters. The van der Waals surface area contributed by atoms with E-state index in [0.717, 1.165) is 11.3 Å². The molecule has 8 heteroatoms. The third-order valence-electron chi connectivity index (χ3n) is 3.40. The number of aromatic nitrogens is 2. The fourth-order valence-corrected chi connectivity index (χ4v) is 2.84. The van der Waals surface area contributed by atoms with Crippen LogP contribution in [0, 0.1) is 0 Å². The summed E-state index contributed by atoms with van der Waals surface area (Å²) in [6.07, 6.45) is 0. The number of halogens is 1. The first-order chi connectivity index (χ1) is 12.7. The molecule has 0 atom stereocenters. The molecule has 0 amide bonds. The number of benzene rings is 2. The lowest BCUT2D eigenvalue weighted by molar-refractivity contribution is 0.343. The van der Waals surface area contributed by atoms with Gasteiger partial charge in [0, 0.05) is 22.4 Å². The topological polar surface area (TPSA) is 66.6 Å². The van der Waals surface area contributed by atoms with E-state index in [1.807, 2.05) is 24.3 Å². The molecular weight excluding hydrogens is 376 g/mol. The molecular formula is C18H17ClN2O4S. The molecule has 0 aliphatic carbocycles. The Kier molecular flexibility index (Phi) is 6.25. The molecule has 0 fully saturated rings. The van der Waals surface area contributed by atoms with Gasteiger partial charge in [0.25, 0.3) is 5.22 Å². The standard InChI is InChI=1S/C18H17ClN2O4S/c1-22-15-9-12(10-16(11-15)23-2)17-20-21-18(25-17)26-8-7-24-14-5-3-13(19)4-6-14/h3-6,9-11H,7-8H2,1-2H3. The Morgan fingerprint density at radius 2 is 1.65 bits per heavy atom. The van der Waals surface area contributed by atoms with Crippen molar-refractivity contribution in [3.8, 4) is 28.7 Å². The lowest BCUT2D eigenvalue weighted by atomic mass is 10.2. The van der Waals surface area contributed by atoms with E-state index < -0.39 is 0 Å². The van der Waals surface area contributed by atoms with Crippen LogP contribution >= 0.6 is 23.4 Å². The number of thioether (sulfide) groups is 1. The van der Waals surface area contributed by atoms with Crippen molar-refractivity contribution in [1.82, 2.24) is 10.2 Å². The van der Waals surface area contributed by atoms with Gasteiger partial charge in [0.05, 0.1) is 20.8 Å². The first-order valence-corrected chi connectivity index (χ1v) is 9.12. The Bertz CT molecular complexity index is 832. The van der Waals surface area contributed by atoms with E-state index in [1.54, 1.807) is 32.4 Å². The molecule has 0 saturated heterocycles. The van der Waals surface area contributed by atoms with E-state index >= 15 is 0 Å². The SMILES string of the molecule is COc1cc(OC)cc(-c2nnc(SCCOc3ccc(Cl)cc3)o2)c1. The molecule has 0 aliphatic rings. The van der Waals surface area contributed by atoms with Crippen molar-refractivity contribution in [3.63, 3.8) is 0 Å². The van der Waals surface area contributed by atoms with Gasteiger partial charge in [-0.1, -0.05) is 23.4 Å². The van der Waals surface area contributed by atoms with E-state index in [4.69, 9.17) is 30.2 Å². The van der Waals surface area contributed by atoms with Crippen molar-refractivity contribution in [2.75, 3.05) is 26.6 Å². The van der Waals surface area contributed by atoms with Gasteiger partial charge in [0.15, 0.2) is 0 Å². The average molecular weight is 393 g/mol. The smallest absolute Gasteiger partial charge is 0.276 e. The summed E-state index contributed by atoms with van der Waals surface area (Å²) in [6, 6.07) is 12.6. The van der Waals surface area contributed by atoms with Crippen molar-refractivity contribution in [1.29, 1.82) is 0 Å². The zero-order valence-corrected chi connectivity index (χ0v) is 15.8. The van der Waals surface area contributed by atoms with Crippen LogP contribution < -0.4 is 14.2 Å². The van der Waals surface area contributed by atoms with Crippen molar-refractivity contribution in [3.05, 3.63) is 47.5 Å². The van der Waals surface area contributed by atoms with Gasteiger partial charge < -0.3 is 18.6 Å². The van der Waals surface area contributed by atoms with Crippen molar-refractivity contribution in [2.45, 2.75) is 5.22 Å². The highest BCUT2D eigenvalue weighted by Gasteiger charge is 2.12. The fraction of sp³-hybridized carbons (Fsp3) is 0.222. The minimum Gasteiger partial charge on any atom is -0.497 e. The van der Waals surface area contributed by atoms with Gasteiger partial charge in [0.2, 0.25) is 5.89 Å². The lowest BCUT2D eigenvalue weighted by Gasteiger charge is -2.05. The first kappa shape index (κ1) is 18.4. The number of hydrogen-bond acceptors (Lipinski definition) is 7. The Hall–Kier alpha value is -2.38. The van der Waals surface area contributed by atoms with Gasteiger partial charge in [-0.15, -0.1) is 10.2 Å². The second-order valence-electron chi connectivity index (χ2n) is 5.13. The maximum absolute atomic E-state index is 5.84. The number of hydrogen-bond donors (Lipinski definition) is 0. The van der Waals surface area contributed by atoms with E-state index in [1.165, 1.54) is 11.8 Å². The molecule has 0 N–H and O–H groups in total. The summed E-state index contributed by atoms with van der Waals surface area (Å²) in [4.78, 5) is 0. The van der Waals surface area contributed by atoms with Crippen molar-refractivity contribution in [2.24, 2.45) is 0 Å². The summed E-state index contributed by atoms with van der Waals surface area (Å²) >= 11 is 7.27. The Morgan fingerprint density at radius 1 is 0.962 bits per heavy atom. The van der Waals surface area contributed by atoms with Crippen molar-refractivity contribution >= 4 is 23.4 Å². The second-order valence-corrected chi connectivity index (χ2v) is 6.61. The number of rotatable bonds is 8. The highest BCUT2D eigenvalue weighted by Crippen LogP contribution is 2.30. The minimum atomic E-state index is 0.406. The maximum Gasteiger partial charge on any atom is 0.276 e. The van der Waals surface area contributed by atoms with Crippen LogP contribution in [0.2, 0.25) is 5.02 Å². The number of ether oxygens (including phenoxy) is 3. The van der Waals surface area contributed by atoms with E-state index in [2.05, 4.69) is 10.2 Å². The maximum atomic E-state index is 5.84. The molecule has 6 nitrogen and oxygen atoms in total. The molecule has 0 bridgehead atoms. The summed E-state index contributed by atoms with van der Waals surface area (Å²) in [6.45, 7) is 0.511. The molecule has 2 aromatic carbocycles. The third-order valence-corrected chi connectivity index (χ3v) is 4.43. The molecule has 0 radical (unpaired) electrons. The molecule has 3 aromatic rings. The van der Waals surface area contributed by atoms with E-state index in [9.17, 15) is 0 Å². The Labute approximate surface area is 160 Å². The summed E-state index contributed by atoms with van der Waals surface area (Å²) in [5.74, 6) is 3.16. The molecule has 0 spiro atoms. The highest BCUT2D eigenvalue weighted by molar-refractivity contribution is 7.99. The van der Waals surface area contributed by atoms with Crippen LogP contribution in [-0.4, -0.2) is 36.8 Å². The minimum absolute atomic E-state index is 0.406. The van der Waals surface area contributed by atoms with Crippen molar-refractivity contribution < 1.29 is 18.6 Å². The molecule has 26 heavy (non-hydrogen) atoms. The van der Waals surface area contributed by atoms with Gasteiger partial charge in [-0.25, -0.2) is 0 Å². The zero-order chi connectivity index (χ0) is 18.4. The number of nitrogens with zero attached hydrogens (tertiary/aromatic N) is 2. The second kappa shape index (κ2) is 8.82. The molecule has 1 aromatic heterocycles. The quantitative estimate of drug-likeness (QED) is 0.410. The molecule has 0 saturated carbocycles. The van der Waals surface area contributed by atoms with E-state index in [-0.39, 0.29) is 0 Å². The van der Waals surface area contributed by atoms with Crippen LogP contribution in [0.3, 0.4) is 0 Å². The molecule has 3 rings (SSSR count). The molecule has 0 aliphatic heterocycles. The summed E-state index contributed by atoms with van der Waals surface area (Å²) in [5.41, 5.74) is 0.734.